The summed E-state index contributed by atoms with van der Waals surface area (Å²) in [6.45, 7) is 7.13. The van der Waals surface area contributed by atoms with Crippen molar-refractivity contribution in [2.45, 2.75) is 32.9 Å². The molecular formula is C21H27ClN6O2. The van der Waals surface area contributed by atoms with Gasteiger partial charge in [-0.1, -0.05) is 37.1 Å². The highest BCUT2D eigenvalue weighted by Gasteiger charge is 2.24. The minimum absolute atomic E-state index is 0.371. The topological polar surface area (TPSA) is 79.2 Å². The van der Waals surface area contributed by atoms with Crippen molar-refractivity contribution in [2.24, 2.45) is 7.05 Å². The van der Waals surface area contributed by atoms with E-state index < -0.39 is 5.69 Å². The highest BCUT2D eigenvalue weighted by molar-refractivity contribution is 6.30. The van der Waals surface area contributed by atoms with Crippen LogP contribution in [0.5, 0.6) is 0 Å². The van der Waals surface area contributed by atoms with Gasteiger partial charge in [0.15, 0.2) is 11.2 Å². The summed E-state index contributed by atoms with van der Waals surface area (Å²) in [4.78, 5) is 36.3. The maximum atomic E-state index is 12.5. The zero-order chi connectivity index (χ0) is 21.3. The Morgan fingerprint density at radius 3 is 2.47 bits per heavy atom. The number of H-pyrrole nitrogens is 1. The number of aromatic nitrogens is 4. The second-order valence-corrected chi connectivity index (χ2v) is 8.23. The zero-order valence-corrected chi connectivity index (χ0v) is 18.2. The van der Waals surface area contributed by atoms with Crippen molar-refractivity contribution in [3.05, 3.63) is 55.7 Å². The van der Waals surface area contributed by atoms with Gasteiger partial charge in [0.25, 0.3) is 5.56 Å². The molecule has 1 N–H and O–H groups in total. The number of imidazole rings is 1. The highest BCUT2D eigenvalue weighted by atomic mass is 35.5. The number of rotatable bonds is 6. The van der Waals surface area contributed by atoms with Crippen molar-refractivity contribution in [3.63, 3.8) is 0 Å². The van der Waals surface area contributed by atoms with Crippen LogP contribution in [0.2, 0.25) is 5.02 Å². The molecule has 0 unspecified atom stereocenters. The fourth-order valence-electron chi connectivity index (χ4n) is 3.95. The van der Waals surface area contributed by atoms with Gasteiger partial charge in [-0.3, -0.25) is 19.2 Å². The maximum Gasteiger partial charge on any atom is 0.329 e. The van der Waals surface area contributed by atoms with Crippen LogP contribution in [0, 0.1) is 0 Å². The molecule has 1 fully saturated rings. The molecule has 0 amide bonds. The second kappa shape index (κ2) is 8.65. The number of benzene rings is 1. The number of hydrogen-bond donors (Lipinski definition) is 1. The van der Waals surface area contributed by atoms with Gasteiger partial charge in [-0.05, 0) is 24.1 Å². The molecular weight excluding hydrogens is 404 g/mol. The first-order valence-corrected chi connectivity index (χ1v) is 10.8. The summed E-state index contributed by atoms with van der Waals surface area (Å²) in [5, 5.41) is 0.749. The average Bonchev–Trinajstić information content (AvgIpc) is 3.13. The Bertz CT molecular complexity index is 1140. The van der Waals surface area contributed by atoms with Gasteiger partial charge in [0.05, 0.1) is 0 Å². The zero-order valence-electron chi connectivity index (χ0n) is 17.4. The molecule has 9 heteroatoms. The Balaban J connectivity index is 1.58. The number of halogens is 1. The first-order chi connectivity index (χ1) is 14.5. The number of piperazine rings is 1. The molecule has 3 aromatic rings. The van der Waals surface area contributed by atoms with Crippen molar-refractivity contribution < 1.29 is 0 Å². The van der Waals surface area contributed by atoms with E-state index in [4.69, 9.17) is 16.6 Å². The number of aromatic amines is 1. The molecule has 3 heterocycles. The van der Waals surface area contributed by atoms with E-state index in [1.54, 1.807) is 7.05 Å². The van der Waals surface area contributed by atoms with Crippen molar-refractivity contribution in [2.75, 3.05) is 31.1 Å². The van der Waals surface area contributed by atoms with E-state index in [9.17, 15) is 9.59 Å². The predicted octanol–water partition coefficient (Wildman–Crippen LogP) is 2.20. The Morgan fingerprint density at radius 2 is 1.80 bits per heavy atom. The number of nitrogens with zero attached hydrogens (tertiary/aromatic N) is 5. The SMILES string of the molecule is CCCCn1c(N2CCN(Cc3ccc(Cl)cc3)CC2)nc2c1c(=O)[nH]c(=O)n2C. The van der Waals surface area contributed by atoms with Crippen LogP contribution in [0.1, 0.15) is 25.3 Å². The van der Waals surface area contributed by atoms with Crippen LogP contribution in [0.15, 0.2) is 33.9 Å². The Kier molecular flexibility index (Phi) is 5.97. The minimum atomic E-state index is -0.438. The van der Waals surface area contributed by atoms with E-state index >= 15 is 0 Å². The van der Waals surface area contributed by atoms with E-state index in [1.807, 2.05) is 16.7 Å². The largest absolute Gasteiger partial charge is 0.340 e. The maximum absolute atomic E-state index is 12.5. The van der Waals surface area contributed by atoms with Crippen LogP contribution >= 0.6 is 11.6 Å². The molecule has 0 radical (unpaired) electrons. The lowest BCUT2D eigenvalue weighted by molar-refractivity contribution is 0.248. The molecule has 1 aliphatic heterocycles. The number of hydrogen-bond acceptors (Lipinski definition) is 5. The quantitative estimate of drug-likeness (QED) is 0.648. The van der Waals surface area contributed by atoms with Crippen molar-refractivity contribution in [3.8, 4) is 0 Å². The lowest BCUT2D eigenvalue weighted by Crippen LogP contribution is -2.46. The summed E-state index contributed by atoms with van der Waals surface area (Å²) in [6, 6.07) is 7.97. The molecule has 1 aliphatic rings. The van der Waals surface area contributed by atoms with Crippen molar-refractivity contribution in [1.82, 2.24) is 24.0 Å². The van der Waals surface area contributed by atoms with Gasteiger partial charge in [0, 0.05) is 51.3 Å². The third kappa shape index (κ3) is 4.02. The number of aryl methyl sites for hydroxylation is 2. The summed E-state index contributed by atoms with van der Waals surface area (Å²) < 4.78 is 3.39. The van der Waals surface area contributed by atoms with Crippen molar-refractivity contribution >= 4 is 28.7 Å². The molecule has 0 spiro atoms. The Hall–Kier alpha value is -2.58. The summed E-state index contributed by atoms with van der Waals surface area (Å²) >= 11 is 5.98. The highest BCUT2D eigenvalue weighted by Crippen LogP contribution is 2.22. The number of fused-ring (bicyclic) bond motifs is 1. The second-order valence-electron chi connectivity index (χ2n) is 7.80. The molecule has 30 heavy (non-hydrogen) atoms. The predicted molar refractivity (Wildman–Crippen MR) is 119 cm³/mol. The van der Waals surface area contributed by atoms with E-state index in [1.165, 1.54) is 10.1 Å². The first-order valence-electron chi connectivity index (χ1n) is 10.4. The monoisotopic (exact) mass is 430 g/mol. The van der Waals surface area contributed by atoms with Gasteiger partial charge in [-0.15, -0.1) is 0 Å². The van der Waals surface area contributed by atoms with E-state index in [0.29, 0.717) is 17.7 Å². The molecule has 0 saturated carbocycles. The third-order valence-electron chi connectivity index (χ3n) is 5.70. The van der Waals surface area contributed by atoms with Gasteiger partial charge >= 0.3 is 5.69 Å². The summed E-state index contributed by atoms with van der Waals surface area (Å²) in [5.74, 6) is 0.774. The summed E-state index contributed by atoms with van der Waals surface area (Å²) in [6.07, 6.45) is 1.95. The number of unbranched alkanes of at least 4 members (excludes halogenated alkanes) is 1. The normalized spacial score (nSPS) is 15.2. The fourth-order valence-corrected chi connectivity index (χ4v) is 4.07. The van der Waals surface area contributed by atoms with E-state index in [2.05, 4.69) is 33.8 Å². The number of nitrogens with one attached hydrogen (secondary N) is 1. The molecule has 160 valence electrons. The van der Waals surface area contributed by atoms with E-state index in [0.717, 1.165) is 56.5 Å². The summed E-state index contributed by atoms with van der Waals surface area (Å²) in [7, 11) is 1.64. The average molecular weight is 431 g/mol. The molecule has 2 aromatic heterocycles. The van der Waals surface area contributed by atoms with Crippen LogP contribution in [0.3, 0.4) is 0 Å². The molecule has 0 aliphatic carbocycles. The smallest absolute Gasteiger partial charge is 0.329 e. The first kappa shape index (κ1) is 20.7. The van der Waals surface area contributed by atoms with Crippen LogP contribution in [-0.4, -0.2) is 50.2 Å². The van der Waals surface area contributed by atoms with Gasteiger partial charge in [-0.2, -0.15) is 4.98 Å². The standard InChI is InChI=1S/C21H27ClN6O2/c1-3-4-9-28-17-18(25(2)21(30)24-19(17)29)23-20(28)27-12-10-26(11-13-27)14-15-5-7-16(22)8-6-15/h5-8H,3-4,9-14H2,1-2H3,(H,24,29,30). The Labute approximate surface area is 179 Å². The summed E-state index contributed by atoms with van der Waals surface area (Å²) in [5.41, 5.74) is 1.35. The molecule has 0 atom stereocenters. The molecule has 8 nitrogen and oxygen atoms in total. The lowest BCUT2D eigenvalue weighted by atomic mass is 10.2. The molecule has 1 saturated heterocycles. The van der Waals surface area contributed by atoms with Gasteiger partial charge in [0.1, 0.15) is 0 Å². The van der Waals surface area contributed by atoms with E-state index in [-0.39, 0.29) is 5.56 Å². The van der Waals surface area contributed by atoms with Crippen LogP contribution in [0.4, 0.5) is 5.95 Å². The lowest BCUT2D eigenvalue weighted by Gasteiger charge is -2.35. The molecule has 4 rings (SSSR count). The molecule has 1 aromatic carbocycles. The van der Waals surface area contributed by atoms with Crippen LogP contribution < -0.4 is 16.1 Å². The minimum Gasteiger partial charge on any atom is -0.340 e. The fraction of sp³-hybridized carbons (Fsp3) is 0.476. The van der Waals surface area contributed by atoms with Crippen molar-refractivity contribution in [1.29, 1.82) is 0 Å². The number of anilines is 1. The molecule has 0 bridgehead atoms. The van der Waals surface area contributed by atoms with Gasteiger partial charge < -0.3 is 9.47 Å². The van der Waals surface area contributed by atoms with Gasteiger partial charge in [0.2, 0.25) is 5.95 Å². The Morgan fingerprint density at radius 1 is 1.10 bits per heavy atom. The van der Waals surface area contributed by atoms with Crippen LogP contribution in [0.25, 0.3) is 11.2 Å². The van der Waals surface area contributed by atoms with Crippen LogP contribution in [-0.2, 0) is 20.1 Å². The third-order valence-corrected chi connectivity index (χ3v) is 5.95. The van der Waals surface area contributed by atoms with Gasteiger partial charge in [-0.25, -0.2) is 4.79 Å².